The topological polar surface area (TPSA) is 109 Å². The third-order valence-electron chi connectivity index (χ3n) is 4.62. The molecular formula is C25H23ClN4O4. The second-order valence-electron chi connectivity index (χ2n) is 7.38. The Hall–Kier alpha value is -4.17. The third kappa shape index (κ3) is 7.46. The molecule has 0 aliphatic heterocycles. The minimum absolute atomic E-state index is 0.175. The highest BCUT2D eigenvalue weighted by atomic mass is 35.5. The average Bonchev–Trinajstić information content (AvgIpc) is 2.82. The quantitative estimate of drug-likeness (QED) is 0.270. The molecule has 0 radical (unpaired) electrons. The summed E-state index contributed by atoms with van der Waals surface area (Å²) in [5, 5.41) is 9.56. The molecule has 0 atom stereocenters. The van der Waals surface area contributed by atoms with E-state index < -0.39 is 11.8 Å². The first-order valence-corrected chi connectivity index (χ1v) is 10.7. The fraction of sp³-hybridized carbons (Fsp3) is 0.120. The van der Waals surface area contributed by atoms with Gasteiger partial charge >= 0.3 is 11.8 Å². The molecule has 0 aliphatic carbocycles. The number of aryl methyl sites for hydroxylation is 2. The summed E-state index contributed by atoms with van der Waals surface area (Å²) in [6.07, 6.45) is 1.38. The minimum Gasteiger partial charge on any atom is -0.484 e. The number of anilines is 2. The average molecular weight is 479 g/mol. The SMILES string of the molecule is Cc1ccc(NC(=O)C(=O)N/N=C\c2ccc(OCC(=O)Nc3cc(Cl)ccc3C)cc2)cc1. The van der Waals surface area contributed by atoms with Crippen molar-refractivity contribution in [2.75, 3.05) is 17.2 Å². The van der Waals surface area contributed by atoms with Gasteiger partial charge in [0.2, 0.25) is 0 Å². The highest BCUT2D eigenvalue weighted by Crippen LogP contribution is 2.20. The Bertz CT molecular complexity index is 1210. The fourth-order valence-electron chi connectivity index (χ4n) is 2.76. The van der Waals surface area contributed by atoms with Crippen molar-refractivity contribution in [2.24, 2.45) is 5.10 Å². The van der Waals surface area contributed by atoms with Crippen molar-refractivity contribution in [1.82, 2.24) is 5.43 Å². The van der Waals surface area contributed by atoms with Crippen LogP contribution in [0.2, 0.25) is 5.02 Å². The molecule has 0 spiro atoms. The first kappa shape index (κ1) is 24.5. The molecule has 3 aromatic carbocycles. The van der Waals surface area contributed by atoms with Gasteiger partial charge in [-0.1, -0.05) is 35.4 Å². The molecule has 0 saturated heterocycles. The largest absolute Gasteiger partial charge is 0.484 e. The molecule has 3 amide bonds. The van der Waals surface area contributed by atoms with E-state index >= 15 is 0 Å². The van der Waals surface area contributed by atoms with Gasteiger partial charge in [0.25, 0.3) is 5.91 Å². The van der Waals surface area contributed by atoms with Crippen LogP contribution >= 0.6 is 11.6 Å². The van der Waals surface area contributed by atoms with Crippen LogP contribution in [0.3, 0.4) is 0 Å². The zero-order valence-corrected chi connectivity index (χ0v) is 19.3. The number of hydrogen-bond acceptors (Lipinski definition) is 5. The van der Waals surface area contributed by atoms with Crippen molar-refractivity contribution in [2.45, 2.75) is 13.8 Å². The van der Waals surface area contributed by atoms with Gasteiger partial charge in [0.15, 0.2) is 6.61 Å². The monoisotopic (exact) mass is 478 g/mol. The van der Waals surface area contributed by atoms with Crippen LogP contribution in [0, 0.1) is 13.8 Å². The summed E-state index contributed by atoms with van der Waals surface area (Å²) < 4.78 is 5.49. The molecule has 0 unspecified atom stereocenters. The number of amides is 3. The number of rotatable bonds is 7. The van der Waals surface area contributed by atoms with E-state index in [2.05, 4.69) is 21.2 Å². The van der Waals surface area contributed by atoms with Crippen molar-refractivity contribution >= 4 is 46.9 Å². The van der Waals surface area contributed by atoms with Gasteiger partial charge in [0.05, 0.1) is 6.21 Å². The Labute approximate surface area is 202 Å². The van der Waals surface area contributed by atoms with E-state index in [1.807, 2.05) is 32.0 Å². The van der Waals surface area contributed by atoms with Crippen molar-refractivity contribution in [3.05, 3.63) is 88.4 Å². The van der Waals surface area contributed by atoms with Crippen molar-refractivity contribution in [1.29, 1.82) is 0 Å². The molecule has 174 valence electrons. The van der Waals surface area contributed by atoms with Crippen molar-refractivity contribution < 1.29 is 19.1 Å². The molecule has 3 rings (SSSR count). The number of carbonyl (C=O) groups excluding carboxylic acids is 3. The Morgan fingerprint density at radius 3 is 2.32 bits per heavy atom. The molecule has 3 aromatic rings. The third-order valence-corrected chi connectivity index (χ3v) is 4.85. The second-order valence-corrected chi connectivity index (χ2v) is 7.82. The summed E-state index contributed by atoms with van der Waals surface area (Å²) >= 11 is 5.96. The normalized spacial score (nSPS) is 10.6. The van der Waals surface area contributed by atoms with Crippen molar-refractivity contribution in [3.63, 3.8) is 0 Å². The standard InChI is InChI=1S/C25H23ClN4O4/c1-16-3-9-20(10-4-16)28-24(32)25(33)30-27-14-18-6-11-21(12-7-18)34-15-23(31)29-22-13-19(26)8-5-17(22)2/h3-14H,15H2,1-2H3,(H,28,32)(H,29,31)(H,30,33)/b27-14-. The molecule has 0 aromatic heterocycles. The molecule has 0 saturated carbocycles. The second kappa shape index (κ2) is 11.6. The lowest BCUT2D eigenvalue weighted by Crippen LogP contribution is -2.32. The maximum atomic E-state index is 12.1. The molecule has 34 heavy (non-hydrogen) atoms. The van der Waals surface area contributed by atoms with Crippen LogP contribution in [0.15, 0.2) is 71.8 Å². The molecule has 0 bridgehead atoms. The summed E-state index contributed by atoms with van der Waals surface area (Å²) in [6.45, 7) is 3.61. The van der Waals surface area contributed by atoms with Gasteiger partial charge in [-0.3, -0.25) is 14.4 Å². The lowest BCUT2D eigenvalue weighted by molar-refractivity contribution is -0.136. The van der Waals surface area contributed by atoms with Crippen LogP contribution in [0.5, 0.6) is 5.75 Å². The van der Waals surface area contributed by atoms with Gasteiger partial charge in [-0.25, -0.2) is 5.43 Å². The van der Waals surface area contributed by atoms with E-state index in [9.17, 15) is 14.4 Å². The zero-order valence-electron chi connectivity index (χ0n) is 18.6. The zero-order chi connectivity index (χ0) is 24.5. The van der Waals surface area contributed by atoms with Crippen LogP contribution in [0.25, 0.3) is 0 Å². The number of hydrogen-bond donors (Lipinski definition) is 3. The highest BCUT2D eigenvalue weighted by Gasteiger charge is 2.12. The lowest BCUT2D eigenvalue weighted by Gasteiger charge is -2.10. The van der Waals surface area contributed by atoms with Gasteiger partial charge in [0, 0.05) is 16.4 Å². The molecule has 0 aliphatic rings. The number of ether oxygens (including phenoxy) is 1. The first-order valence-electron chi connectivity index (χ1n) is 10.3. The maximum Gasteiger partial charge on any atom is 0.329 e. The molecule has 0 heterocycles. The lowest BCUT2D eigenvalue weighted by atomic mass is 10.2. The van der Waals surface area contributed by atoms with Gasteiger partial charge in [-0.05, 0) is 73.5 Å². The van der Waals surface area contributed by atoms with Crippen LogP contribution in [-0.2, 0) is 14.4 Å². The minimum atomic E-state index is -0.891. The van der Waals surface area contributed by atoms with E-state index in [1.165, 1.54) is 6.21 Å². The first-order chi connectivity index (χ1) is 16.3. The highest BCUT2D eigenvalue weighted by molar-refractivity contribution is 6.39. The number of nitrogens with zero attached hydrogens (tertiary/aromatic N) is 1. The summed E-state index contributed by atoms with van der Waals surface area (Å²) in [7, 11) is 0. The molecular weight excluding hydrogens is 456 g/mol. The van der Waals surface area contributed by atoms with Crippen LogP contribution in [-0.4, -0.2) is 30.5 Å². The van der Waals surface area contributed by atoms with E-state index in [0.717, 1.165) is 11.1 Å². The van der Waals surface area contributed by atoms with Gasteiger partial charge in [0.1, 0.15) is 5.75 Å². The van der Waals surface area contributed by atoms with Crippen molar-refractivity contribution in [3.8, 4) is 5.75 Å². The number of halogens is 1. The van der Waals surface area contributed by atoms with Gasteiger partial charge in [-0.2, -0.15) is 5.10 Å². The van der Waals surface area contributed by atoms with Crippen LogP contribution in [0.1, 0.15) is 16.7 Å². The predicted molar refractivity (Wildman–Crippen MR) is 132 cm³/mol. The Balaban J connectivity index is 1.44. The number of nitrogens with one attached hydrogen (secondary N) is 3. The van der Waals surface area contributed by atoms with Gasteiger partial charge < -0.3 is 15.4 Å². The Morgan fingerprint density at radius 2 is 1.62 bits per heavy atom. The van der Waals surface area contributed by atoms with Crippen LogP contribution < -0.4 is 20.8 Å². The van der Waals surface area contributed by atoms with E-state index in [0.29, 0.717) is 27.7 Å². The summed E-state index contributed by atoms with van der Waals surface area (Å²) in [4.78, 5) is 35.9. The predicted octanol–water partition coefficient (Wildman–Crippen LogP) is 4.06. The maximum absolute atomic E-state index is 12.1. The Morgan fingerprint density at radius 1 is 0.912 bits per heavy atom. The molecule has 9 heteroatoms. The Kier molecular flexibility index (Phi) is 8.37. The number of hydrazone groups is 1. The number of benzene rings is 3. The van der Waals surface area contributed by atoms with E-state index in [-0.39, 0.29) is 12.5 Å². The molecule has 8 nitrogen and oxygen atoms in total. The van der Waals surface area contributed by atoms with Gasteiger partial charge in [-0.15, -0.1) is 0 Å². The molecule has 0 fully saturated rings. The summed E-state index contributed by atoms with van der Waals surface area (Å²) in [6, 6.07) is 19.0. The summed E-state index contributed by atoms with van der Waals surface area (Å²) in [5.41, 5.74) is 5.91. The smallest absolute Gasteiger partial charge is 0.329 e. The van der Waals surface area contributed by atoms with Crippen LogP contribution in [0.4, 0.5) is 11.4 Å². The molecule has 3 N–H and O–H groups in total. The summed E-state index contributed by atoms with van der Waals surface area (Å²) in [5.74, 6) is -1.55. The fourth-order valence-corrected chi connectivity index (χ4v) is 2.93. The van der Waals surface area contributed by atoms with E-state index in [1.54, 1.807) is 48.5 Å². The number of carbonyl (C=O) groups is 3. The van der Waals surface area contributed by atoms with E-state index in [4.69, 9.17) is 16.3 Å².